The zero-order chi connectivity index (χ0) is 23.9. The molecule has 4 nitrogen and oxygen atoms in total. The first kappa shape index (κ1) is 22.8. The number of hydrogen-bond acceptors (Lipinski definition) is 3. The monoisotopic (exact) mass is 455 g/mol. The second-order valence-electron chi connectivity index (χ2n) is 10.2. The molecule has 3 aromatic rings. The summed E-state index contributed by atoms with van der Waals surface area (Å²) in [7, 11) is 0. The summed E-state index contributed by atoms with van der Waals surface area (Å²) in [6.07, 6.45) is 1.17. The number of aliphatic carboxylic acids is 1. The first-order valence-electron chi connectivity index (χ1n) is 12.2. The van der Waals surface area contributed by atoms with Crippen molar-refractivity contribution in [2.75, 3.05) is 6.54 Å². The van der Waals surface area contributed by atoms with Crippen molar-refractivity contribution in [1.29, 1.82) is 0 Å². The molecule has 1 aliphatic carbocycles. The minimum absolute atomic E-state index is 0.103. The van der Waals surface area contributed by atoms with Crippen LogP contribution in [0.15, 0.2) is 84.9 Å². The van der Waals surface area contributed by atoms with Crippen LogP contribution >= 0.6 is 0 Å². The SMILES string of the molecule is Cc1ccc(C2(O)CCC(c3ccccc3)C3(C(=O)O)CN(Cc4ccccc4)C(C)C23)cc1. The Balaban J connectivity index is 1.65. The molecule has 2 N–H and O–H groups in total. The van der Waals surface area contributed by atoms with Gasteiger partial charge in [-0.15, -0.1) is 0 Å². The summed E-state index contributed by atoms with van der Waals surface area (Å²) in [6, 6.07) is 28.1. The minimum atomic E-state index is -1.21. The van der Waals surface area contributed by atoms with Crippen LogP contribution in [0.25, 0.3) is 0 Å². The number of rotatable bonds is 5. The molecule has 34 heavy (non-hydrogen) atoms. The first-order chi connectivity index (χ1) is 16.4. The van der Waals surface area contributed by atoms with Crippen molar-refractivity contribution in [2.24, 2.45) is 11.3 Å². The van der Waals surface area contributed by atoms with E-state index in [1.54, 1.807) is 0 Å². The van der Waals surface area contributed by atoms with Gasteiger partial charge in [0.15, 0.2) is 0 Å². The molecule has 2 fully saturated rings. The molecule has 5 atom stereocenters. The standard InChI is InChI=1S/C30H33NO3/c1-21-13-15-25(16-14-21)30(34)18-17-26(24-11-7-4-8-12-24)29(28(32)33)20-31(22(2)27(29)30)19-23-9-5-3-6-10-23/h3-16,22,26-27,34H,17-20H2,1-2H3,(H,32,33). The van der Waals surface area contributed by atoms with Gasteiger partial charge in [-0.2, -0.15) is 0 Å². The number of hydrogen-bond donors (Lipinski definition) is 2. The van der Waals surface area contributed by atoms with Gasteiger partial charge in [0.05, 0.1) is 11.0 Å². The number of aryl methyl sites for hydroxylation is 1. The first-order valence-corrected chi connectivity index (χ1v) is 12.2. The molecule has 5 rings (SSSR count). The van der Waals surface area contributed by atoms with Crippen molar-refractivity contribution >= 4 is 5.97 Å². The molecule has 4 heteroatoms. The zero-order valence-corrected chi connectivity index (χ0v) is 19.9. The zero-order valence-electron chi connectivity index (χ0n) is 19.9. The van der Waals surface area contributed by atoms with Crippen molar-refractivity contribution in [3.63, 3.8) is 0 Å². The number of fused-ring (bicyclic) bond motifs is 1. The van der Waals surface area contributed by atoms with Crippen LogP contribution in [0.4, 0.5) is 0 Å². The van der Waals surface area contributed by atoms with Gasteiger partial charge in [-0.1, -0.05) is 90.5 Å². The van der Waals surface area contributed by atoms with Gasteiger partial charge >= 0.3 is 5.97 Å². The van der Waals surface area contributed by atoms with Gasteiger partial charge < -0.3 is 10.2 Å². The summed E-state index contributed by atoms with van der Waals surface area (Å²) >= 11 is 0. The number of carboxylic acid groups (broad SMARTS) is 1. The van der Waals surface area contributed by atoms with Crippen molar-refractivity contribution < 1.29 is 15.0 Å². The number of likely N-dealkylation sites (tertiary alicyclic amines) is 1. The van der Waals surface area contributed by atoms with Crippen molar-refractivity contribution in [3.05, 3.63) is 107 Å². The lowest BCUT2D eigenvalue weighted by molar-refractivity contribution is -0.172. The molecule has 0 amide bonds. The van der Waals surface area contributed by atoms with Gasteiger partial charge in [-0.3, -0.25) is 9.69 Å². The maximum atomic E-state index is 13.3. The smallest absolute Gasteiger partial charge is 0.312 e. The second kappa shape index (κ2) is 8.68. The van der Waals surface area contributed by atoms with Crippen LogP contribution in [0.5, 0.6) is 0 Å². The van der Waals surface area contributed by atoms with E-state index >= 15 is 0 Å². The Hall–Kier alpha value is -2.95. The van der Waals surface area contributed by atoms with Gasteiger partial charge in [-0.05, 0) is 43.4 Å². The van der Waals surface area contributed by atoms with E-state index in [0.717, 1.165) is 22.3 Å². The van der Waals surface area contributed by atoms with E-state index in [4.69, 9.17) is 0 Å². The Morgan fingerprint density at radius 2 is 1.59 bits per heavy atom. The molecule has 1 heterocycles. The van der Waals surface area contributed by atoms with Crippen LogP contribution in [-0.4, -0.2) is 33.7 Å². The molecular weight excluding hydrogens is 422 g/mol. The van der Waals surface area contributed by atoms with Crippen LogP contribution < -0.4 is 0 Å². The highest BCUT2D eigenvalue weighted by Gasteiger charge is 2.68. The molecule has 0 spiro atoms. The fourth-order valence-corrected chi connectivity index (χ4v) is 6.83. The molecular formula is C30H33NO3. The topological polar surface area (TPSA) is 60.8 Å². The molecule has 1 saturated carbocycles. The van der Waals surface area contributed by atoms with E-state index in [-0.39, 0.29) is 12.0 Å². The third kappa shape index (κ3) is 3.57. The number of benzene rings is 3. The Kier molecular flexibility index (Phi) is 5.83. The van der Waals surface area contributed by atoms with Crippen molar-refractivity contribution in [3.8, 4) is 0 Å². The highest BCUT2D eigenvalue weighted by molar-refractivity contribution is 5.78. The lowest BCUT2D eigenvalue weighted by Gasteiger charge is -2.52. The van der Waals surface area contributed by atoms with Crippen LogP contribution in [0.1, 0.15) is 47.9 Å². The van der Waals surface area contributed by atoms with E-state index in [1.807, 2.05) is 79.7 Å². The Bertz CT molecular complexity index is 1150. The average Bonchev–Trinajstić information content (AvgIpc) is 3.15. The molecule has 1 aliphatic heterocycles. The number of nitrogens with zero attached hydrogens (tertiary/aromatic N) is 1. The molecule has 1 saturated heterocycles. The third-order valence-electron chi connectivity index (χ3n) is 8.41. The van der Waals surface area contributed by atoms with Gasteiger partial charge in [0.1, 0.15) is 0 Å². The van der Waals surface area contributed by atoms with E-state index in [9.17, 15) is 15.0 Å². The summed E-state index contributed by atoms with van der Waals surface area (Å²) in [4.78, 5) is 15.6. The Labute approximate surface area is 201 Å². The fourth-order valence-electron chi connectivity index (χ4n) is 6.83. The predicted octanol–water partition coefficient (Wildman–Crippen LogP) is 5.35. The van der Waals surface area contributed by atoms with Gasteiger partial charge in [0.2, 0.25) is 0 Å². The minimum Gasteiger partial charge on any atom is -0.481 e. The Morgan fingerprint density at radius 1 is 0.971 bits per heavy atom. The van der Waals surface area contributed by atoms with Crippen LogP contribution in [0, 0.1) is 18.3 Å². The van der Waals surface area contributed by atoms with Crippen LogP contribution in [0.2, 0.25) is 0 Å². The van der Waals surface area contributed by atoms with Crippen LogP contribution in [0.3, 0.4) is 0 Å². The lowest BCUT2D eigenvalue weighted by atomic mass is 9.52. The largest absolute Gasteiger partial charge is 0.481 e. The summed E-state index contributed by atoms with van der Waals surface area (Å²) in [5, 5.41) is 23.3. The van der Waals surface area contributed by atoms with Crippen LogP contribution in [-0.2, 0) is 16.9 Å². The van der Waals surface area contributed by atoms with Crippen molar-refractivity contribution in [2.45, 2.75) is 50.8 Å². The van der Waals surface area contributed by atoms with E-state index in [1.165, 1.54) is 0 Å². The average molecular weight is 456 g/mol. The molecule has 5 unspecified atom stereocenters. The molecule has 0 radical (unpaired) electrons. The number of carbonyl (C=O) groups is 1. The molecule has 3 aromatic carbocycles. The van der Waals surface area contributed by atoms with E-state index in [0.29, 0.717) is 25.9 Å². The molecule has 2 aliphatic rings. The van der Waals surface area contributed by atoms with E-state index < -0.39 is 22.9 Å². The van der Waals surface area contributed by atoms with Crippen molar-refractivity contribution in [1.82, 2.24) is 4.90 Å². The number of carboxylic acids is 1. The molecule has 0 bridgehead atoms. The lowest BCUT2D eigenvalue weighted by Crippen LogP contribution is -2.57. The second-order valence-corrected chi connectivity index (χ2v) is 10.2. The highest BCUT2D eigenvalue weighted by Crippen LogP contribution is 2.63. The molecule has 0 aromatic heterocycles. The van der Waals surface area contributed by atoms with Gasteiger partial charge in [0.25, 0.3) is 0 Å². The van der Waals surface area contributed by atoms with Gasteiger partial charge in [-0.25, -0.2) is 0 Å². The normalized spacial score (nSPS) is 31.2. The Morgan fingerprint density at radius 3 is 2.21 bits per heavy atom. The summed E-state index contributed by atoms with van der Waals surface area (Å²) in [5.41, 5.74) is 1.86. The molecule has 176 valence electrons. The van der Waals surface area contributed by atoms with Gasteiger partial charge in [0, 0.05) is 31.0 Å². The summed E-state index contributed by atoms with van der Waals surface area (Å²) in [5.74, 6) is -1.41. The predicted molar refractivity (Wildman–Crippen MR) is 133 cm³/mol. The summed E-state index contributed by atoms with van der Waals surface area (Å²) in [6.45, 7) is 5.21. The highest BCUT2D eigenvalue weighted by atomic mass is 16.4. The quantitative estimate of drug-likeness (QED) is 0.544. The maximum absolute atomic E-state index is 13.3. The fraction of sp³-hybridized carbons (Fsp3) is 0.367. The number of aliphatic hydroxyl groups is 1. The van der Waals surface area contributed by atoms with E-state index in [2.05, 4.69) is 24.0 Å². The third-order valence-corrected chi connectivity index (χ3v) is 8.41. The maximum Gasteiger partial charge on any atom is 0.312 e. The summed E-state index contributed by atoms with van der Waals surface area (Å²) < 4.78 is 0.